The zero-order chi connectivity index (χ0) is 4.41. The number of tetrazole rings is 1. The van der Waals surface area contributed by atoms with Gasteiger partial charge in [0.15, 0.2) is 6.33 Å². The van der Waals surface area contributed by atoms with E-state index in [9.17, 15) is 0 Å². The monoisotopic (exact) mass is 82.0 g/mol. The fourth-order valence-electron chi connectivity index (χ4n) is 0.219. The summed E-state index contributed by atoms with van der Waals surface area (Å²) in [5.41, 5.74) is 0. The summed E-state index contributed by atoms with van der Waals surface area (Å²) < 4.78 is 1.39. The van der Waals surface area contributed by atoms with Gasteiger partial charge in [-0.15, -0.1) is 5.10 Å². The van der Waals surface area contributed by atoms with Crippen molar-refractivity contribution in [1.82, 2.24) is 20.1 Å². The van der Waals surface area contributed by atoms with Crippen LogP contribution in [0.5, 0.6) is 0 Å². The van der Waals surface area contributed by atoms with Gasteiger partial charge in [0.25, 0.3) is 7.98 Å². The minimum atomic E-state index is 1.39. The third-order valence-electron chi connectivity index (χ3n) is 0.451. The van der Waals surface area contributed by atoms with Gasteiger partial charge < -0.3 is 0 Å². The molecule has 0 bridgehead atoms. The molecule has 0 aliphatic rings. The van der Waals surface area contributed by atoms with Crippen LogP contribution < -0.4 is 0 Å². The quantitative estimate of drug-likeness (QED) is 0.342. The summed E-state index contributed by atoms with van der Waals surface area (Å²) in [5.74, 6) is 0. The smallest absolute Gasteiger partial charge is 0.227 e. The Balaban J connectivity index is 3.05. The van der Waals surface area contributed by atoms with Crippen LogP contribution in [0.4, 0.5) is 0 Å². The minimum Gasteiger partial charge on any atom is -0.227 e. The summed E-state index contributed by atoms with van der Waals surface area (Å²) in [5, 5.41) is 10.5. The molecule has 0 fully saturated rings. The standard InChI is InChI=1S/CH3BN4/c2-6-4-1-3-5-6/h1H,2H2. The maximum Gasteiger partial charge on any atom is 0.278 e. The highest BCUT2D eigenvalue weighted by Gasteiger charge is 1.72. The van der Waals surface area contributed by atoms with Crippen molar-refractivity contribution in [1.29, 1.82) is 0 Å². The zero-order valence-corrected chi connectivity index (χ0v) is 3.37. The number of hydrogen-bond donors (Lipinski definition) is 0. The normalized spacial score (nSPS) is 8.67. The molecule has 0 radical (unpaired) electrons. The summed E-state index contributed by atoms with van der Waals surface area (Å²) in [6.07, 6.45) is 1.39. The van der Waals surface area contributed by atoms with E-state index in [4.69, 9.17) is 0 Å². The molecular formula is CH3BN4. The molecule has 0 saturated carbocycles. The van der Waals surface area contributed by atoms with Crippen molar-refractivity contribution in [3.63, 3.8) is 0 Å². The number of nitrogens with zero attached hydrogens (tertiary/aromatic N) is 4. The lowest BCUT2D eigenvalue weighted by molar-refractivity contribution is 0.802. The SMILES string of the molecule is Bn1ncnn1. The Hall–Kier alpha value is -0.865. The van der Waals surface area contributed by atoms with Gasteiger partial charge in [-0.2, -0.15) is 5.10 Å². The Bertz CT molecular complexity index is 111. The van der Waals surface area contributed by atoms with E-state index in [2.05, 4.69) is 15.4 Å². The number of hydrogen-bond acceptors (Lipinski definition) is 3. The molecule has 0 unspecified atom stereocenters. The second kappa shape index (κ2) is 1.08. The van der Waals surface area contributed by atoms with E-state index in [1.165, 1.54) is 11.0 Å². The van der Waals surface area contributed by atoms with Crippen LogP contribution in [-0.2, 0) is 0 Å². The van der Waals surface area contributed by atoms with Gasteiger partial charge in [0.2, 0.25) is 0 Å². The molecule has 6 heavy (non-hydrogen) atoms. The Kier molecular flexibility index (Phi) is 0.599. The van der Waals surface area contributed by atoms with Crippen LogP contribution in [0.1, 0.15) is 0 Å². The summed E-state index contributed by atoms with van der Waals surface area (Å²) in [6.45, 7) is 0. The lowest BCUT2D eigenvalue weighted by Crippen LogP contribution is -1.94. The van der Waals surface area contributed by atoms with Crippen LogP contribution in [0, 0.1) is 0 Å². The third-order valence-corrected chi connectivity index (χ3v) is 0.451. The van der Waals surface area contributed by atoms with Crippen molar-refractivity contribution < 1.29 is 0 Å². The summed E-state index contributed by atoms with van der Waals surface area (Å²) >= 11 is 0. The summed E-state index contributed by atoms with van der Waals surface area (Å²) in [4.78, 5) is 0. The van der Waals surface area contributed by atoms with Crippen molar-refractivity contribution in [2.75, 3.05) is 0 Å². The predicted molar refractivity (Wildman–Crippen MR) is 21.8 cm³/mol. The van der Waals surface area contributed by atoms with Gasteiger partial charge in [-0.1, -0.05) is 5.21 Å². The Morgan fingerprint density at radius 1 is 1.67 bits per heavy atom. The van der Waals surface area contributed by atoms with Crippen molar-refractivity contribution in [3.8, 4) is 0 Å². The molecular weight excluding hydrogens is 78.9 g/mol. The van der Waals surface area contributed by atoms with Crippen molar-refractivity contribution in [2.24, 2.45) is 0 Å². The van der Waals surface area contributed by atoms with E-state index in [0.29, 0.717) is 0 Å². The van der Waals surface area contributed by atoms with Gasteiger partial charge in [0, 0.05) is 0 Å². The molecule has 1 aromatic rings. The van der Waals surface area contributed by atoms with Crippen molar-refractivity contribution >= 4 is 7.98 Å². The van der Waals surface area contributed by atoms with Crippen molar-refractivity contribution in [3.05, 3.63) is 6.33 Å². The highest BCUT2D eigenvalue weighted by molar-refractivity contribution is 6.04. The lowest BCUT2D eigenvalue weighted by Gasteiger charge is -1.72. The topological polar surface area (TPSA) is 43.6 Å². The maximum absolute atomic E-state index is 3.61. The molecule has 0 amide bonds. The molecule has 0 saturated heterocycles. The minimum absolute atomic E-state index is 1.39. The van der Waals surface area contributed by atoms with Gasteiger partial charge in [-0.3, -0.25) is 0 Å². The number of rotatable bonds is 0. The molecule has 0 N–H and O–H groups in total. The summed E-state index contributed by atoms with van der Waals surface area (Å²) in [6, 6.07) is 0. The van der Waals surface area contributed by atoms with E-state index >= 15 is 0 Å². The first kappa shape index (κ1) is 3.33. The molecule has 0 aliphatic carbocycles. The van der Waals surface area contributed by atoms with E-state index in [1.807, 2.05) is 0 Å². The maximum atomic E-state index is 3.61. The molecule has 0 spiro atoms. The molecule has 0 aromatic carbocycles. The third kappa shape index (κ3) is 0.380. The van der Waals surface area contributed by atoms with Gasteiger partial charge in [-0.25, -0.2) is 4.71 Å². The Labute approximate surface area is 35.6 Å². The van der Waals surface area contributed by atoms with Crippen LogP contribution >= 0.6 is 0 Å². The van der Waals surface area contributed by atoms with E-state index < -0.39 is 0 Å². The predicted octanol–water partition coefficient (Wildman–Crippen LogP) is -1.93. The average molecular weight is 81.9 g/mol. The molecule has 0 aliphatic heterocycles. The van der Waals surface area contributed by atoms with Crippen LogP contribution in [0.2, 0.25) is 0 Å². The fraction of sp³-hybridized carbons (Fsp3) is 0. The van der Waals surface area contributed by atoms with Gasteiger partial charge in [0.1, 0.15) is 0 Å². The average Bonchev–Trinajstić information content (AvgIpc) is 1.86. The van der Waals surface area contributed by atoms with Gasteiger partial charge in [-0.05, 0) is 0 Å². The first-order chi connectivity index (χ1) is 2.89. The van der Waals surface area contributed by atoms with E-state index in [0.717, 1.165) is 0 Å². The summed E-state index contributed by atoms with van der Waals surface area (Å²) in [7, 11) is 1.72. The zero-order valence-electron chi connectivity index (χ0n) is 3.37. The first-order valence-corrected chi connectivity index (χ1v) is 1.56. The molecule has 1 heterocycles. The van der Waals surface area contributed by atoms with E-state index in [-0.39, 0.29) is 0 Å². The van der Waals surface area contributed by atoms with Gasteiger partial charge in [0.05, 0.1) is 0 Å². The molecule has 1 aromatic heterocycles. The van der Waals surface area contributed by atoms with Crippen molar-refractivity contribution in [2.45, 2.75) is 0 Å². The molecule has 4 nitrogen and oxygen atoms in total. The van der Waals surface area contributed by atoms with Crippen LogP contribution in [0.3, 0.4) is 0 Å². The largest absolute Gasteiger partial charge is 0.278 e. The Morgan fingerprint density at radius 2 is 2.50 bits per heavy atom. The molecule has 30 valence electrons. The van der Waals surface area contributed by atoms with E-state index in [1.54, 1.807) is 7.98 Å². The second-order valence-electron chi connectivity index (χ2n) is 0.925. The highest BCUT2D eigenvalue weighted by atomic mass is 15.5. The van der Waals surface area contributed by atoms with Crippen LogP contribution in [-0.4, -0.2) is 28.1 Å². The lowest BCUT2D eigenvalue weighted by atomic mass is 10.5. The second-order valence-corrected chi connectivity index (χ2v) is 0.925. The van der Waals surface area contributed by atoms with Crippen LogP contribution in [0.25, 0.3) is 0 Å². The first-order valence-electron chi connectivity index (χ1n) is 1.56. The van der Waals surface area contributed by atoms with Gasteiger partial charge >= 0.3 is 0 Å². The fourth-order valence-corrected chi connectivity index (χ4v) is 0.219. The molecule has 0 atom stereocenters. The molecule has 5 heteroatoms. The van der Waals surface area contributed by atoms with Crippen LogP contribution in [0.15, 0.2) is 6.33 Å². The molecule has 1 rings (SSSR count). The highest BCUT2D eigenvalue weighted by Crippen LogP contribution is 1.54. The Morgan fingerprint density at radius 3 is 2.67 bits per heavy atom. The number of aromatic nitrogens is 4.